The minimum Gasteiger partial charge on any atom is -0.266 e. The molecule has 1 aromatic carbocycles. The van der Waals surface area contributed by atoms with E-state index in [9.17, 15) is 14.9 Å². The highest BCUT2D eigenvalue weighted by Crippen LogP contribution is 2.11. The molecule has 0 unspecified atom stereocenters. The molecule has 0 bridgehead atoms. The maximum Gasteiger partial charge on any atom is 0.289 e. The Balaban J connectivity index is 2.04. The van der Waals surface area contributed by atoms with E-state index in [0.717, 1.165) is 0 Å². The fourth-order valence-electron chi connectivity index (χ4n) is 1.54. The highest BCUT2D eigenvalue weighted by Gasteiger charge is 2.08. The van der Waals surface area contributed by atoms with Gasteiger partial charge in [-0.25, -0.2) is 5.43 Å². The number of amides is 1. The molecule has 1 amide bonds. The number of carbonyl (C=O) groups is 1. The first-order valence-electron chi connectivity index (χ1n) is 5.64. The fraction of sp³-hybridized carbons (Fsp3) is 0.0833. The number of non-ortho nitro benzene ring substituents is 1. The Bertz CT molecular complexity index is 677. The molecule has 8 heteroatoms. The Morgan fingerprint density at radius 1 is 1.50 bits per heavy atom. The smallest absolute Gasteiger partial charge is 0.266 e. The second-order valence-corrected chi connectivity index (χ2v) is 3.89. The van der Waals surface area contributed by atoms with Gasteiger partial charge in [0.2, 0.25) is 0 Å². The normalized spacial score (nSPS) is 10.7. The summed E-state index contributed by atoms with van der Waals surface area (Å²) in [5.74, 6) is -0.410. The first-order chi connectivity index (χ1) is 9.58. The molecule has 0 saturated heterocycles. The standard InChI is InChI=1S/C12H11N5O3/c1-16-11(5-6-14-16)12(18)15-13-8-9-3-2-4-10(7-9)17(19)20/h2-8H,1H3,(H,15,18). The van der Waals surface area contributed by atoms with Crippen molar-refractivity contribution in [3.8, 4) is 0 Å². The van der Waals surface area contributed by atoms with Crippen molar-refractivity contribution >= 4 is 17.8 Å². The molecule has 1 heterocycles. The zero-order chi connectivity index (χ0) is 14.5. The molecular weight excluding hydrogens is 262 g/mol. The maximum atomic E-state index is 11.7. The number of rotatable bonds is 4. The van der Waals surface area contributed by atoms with E-state index in [1.807, 2.05) is 0 Å². The summed E-state index contributed by atoms with van der Waals surface area (Å²) in [6, 6.07) is 7.48. The largest absolute Gasteiger partial charge is 0.289 e. The minimum absolute atomic E-state index is 0.0353. The Kier molecular flexibility index (Phi) is 3.85. The second kappa shape index (κ2) is 5.74. The van der Waals surface area contributed by atoms with Gasteiger partial charge in [-0.05, 0) is 6.07 Å². The zero-order valence-electron chi connectivity index (χ0n) is 10.6. The predicted octanol–water partition coefficient (Wildman–Crippen LogP) is 1.09. The van der Waals surface area contributed by atoms with Crippen molar-refractivity contribution in [2.24, 2.45) is 12.1 Å². The van der Waals surface area contributed by atoms with Crippen LogP contribution in [0.4, 0.5) is 5.69 Å². The number of aromatic nitrogens is 2. The first kappa shape index (κ1) is 13.4. The van der Waals surface area contributed by atoms with Crippen molar-refractivity contribution in [3.05, 3.63) is 57.9 Å². The van der Waals surface area contributed by atoms with Gasteiger partial charge in [0.05, 0.1) is 11.1 Å². The Labute approximate surface area is 113 Å². The van der Waals surface area contributed by atoms with Crippen LogP contribution in [0.15, 0.2) is 41.6 Å². The quantitative estimate of drug-likeness (QED) is 0.511. The summed E-state index contributed by atoms with van der Waals surface area (Å²) in [7, 11) is 1.64. The van der Waals surface area contributed by atoms with Gasteiger partial charge in [-0.3, -0.25) is 19.6 Å². The molecule has 0 aliphatic rings. The maximum absolute atomic E-state index is 11.7. The number of benzene rings is 1. The molecule has 1 N–H and O–H groups in total. The van der Waals surface area contributed by atoms with E-state index < -0.39 is 10.8 Å². The SMILES string of the molecule is Cn1nccc1C(=O)NN=Cc1cccc([N+](=O)[O-])c1. The molecule has 0 atom stereocenters. The average molecular weight is 273 g/mol. The molecule has 20 heavy (non-hydrogen) atoms. The zero-order valence-corrected chi connectivity index (χ0v) is 10.6. The summed E-state index contributed by atoms with van der Waals surface area (Å²) in [5, 5.41) is 18.2. The topological polar surface area (TPSA) is 102 Å². The Morgan fingerprint density at radius 2 is 2.30 bits per heavy atom. The molecule has 1 aromatic heterocycles. The van der Waals surface area contributed by atoms with E-state index in [2.05, 4.69) is 15.6 Å². The lowest BCUT2D eigenvalue weighted by Gasteiger charge is -1.99. The summed E-state index contributed by atoms with van der Waals surface area (Å²) in [6.45, 7) is 0. The van der Waals surface area contributed by atoms with Crippen molar-refractivity contribution in [2.45, 2.75) is 0 Å². The van der Waals surface area contributed by atoms with Crippen LogP contribution in [0.1, 0.15) is 16.1 Å². The first-order valence-corrected chi connectivity index (χ1v) is 5.64. The molecule has 0 aliphatic carbocycles. The highest BCUT2D eigenvalue weighted by atomic mass is 16.6. The highest BCUT2D eigenvalue weighted by molar-refractivity contribution is 5.93. The molecule has 102 valence electrons. The van der Waals surface area contributed by atoms with Crippen LogP contribution in [0.2, 0.25) is 0 Å². The van der Waals surface area contributed by atoms with Gasteiger partial charge in [-0.1, -0.05) is 12.1 Å². The summed E-state index contributed by atoms with van der Waals surface area (Å²) in [4.78, 5) is 21.8. The van der Waals surface area contributed by atoms with Crippen LogP contribution < -0.4 is 5.43 Å². The summed E-state index contributed by atoms with van der Waals surface area (Å²) >= 11 is 0. The van der Waals surface area contributed by atoms with Crippen LogP contribution in [-0.4, -0.2) is 26.8 Å². The number of hydrogen-bond acceptors (Lipinski definition) is 5. The molecule has 0 saturated carbocycles. The predicted molar refractivity (Wildman–Crippen MR) is 71.4 cm³/mol. The number of aryl methyl sites for hydroxylation is 1. The van der Waals surface area contributed by atoms with Crippen molar-refractivity contribution in [2.75, 3.05) is 0 Å². The fourth-order valence-corrected chi connectivity index (χ4v) is 1.54. The van der Waals surface area contributed by atoms with Crippen LogP contribution in [0.25, 0.3) is 0 Å². The van der Waals surface area contributed by atoms with Crippen LogP contribution in [0.5, 0.6) is 0 Å². The van der Waals surface area contributed by atoms with Gasteiger partial charge in [0.1, 0.15) is 5.69 Å². The van der Waals surface area contributed by atoms with Crippen LogP contribution in [0, 0.1) is 10.1 Å². The third-order valence-electron chi connectivity index (χ3n) is 2.51. The molecular formula is C12H11N5O3. The molecule has 2 aromatic rings. The third kappa shape index (κ3) is 3.05. The van der Waals surface area contributed by atoms with Gasteiger partial charge >= 0.3 is 0 Å². The van der Waals surface area contributed by atoms with E-state index in [1.165, 1.54) is 29.2 Å². The number of nitrogens with one attached hydrogen (secondary N) is 1. The number of nitro groups is 1. The molecule has 0 aliphatic heterocycles. The van der Waals surface area contributed by atoms with Crippen LogP contribution >= 0.6 is 0 Å². The van der Waals surface area contributed by atoms with Gasteiger partial charge in [0.15, 0.2) is 0 Å². The minimum atomic E-state index is -0.494. The molecule has 0 spiro atoms. The van der Waals surface area contributed by atoms with Crippen LogP contribution in [0.3, 0.4) is 0 Å². The number of nitrogens with zero attached hydrogens (tertiary/aromatic N) is 4. The van der Waals surface area contributed by atoms with E-state index >= 15 is 0 Å². The second-order valence-electron chi connectivity index (χ2n) is 3.89. The van der Waals surface area contributed by atoms with Crippen molar-refractivity contribution in [3.63, 3.8) is 0 Å². The van der Waals surface area contributed by atoms with E-state index in [-0.39, 0.29) is 5.69 Å². The van der Waals surface area contributed by atoms with Crippen molar-refractivity contribution < 1.29 is 9.72 Å². The lowest BCUT2D eigenvalue weighted by Crippen LogP contribution is -2.20. The van der Waals surface area contributed by atoms with Crippen molar-refractivity contribution in [1.82, 2.24) is 15.2 Å². The lowest BCUT2D eigenvalue weighted by molar-refractivity contribution is -0.384. The van der Waals surface area contributed by atoms with E-state index in [1.54, 1.807) is 25.2 Å². The average Bonchev–Trinajstić information content (AvgIpc) is 2.85. The molecule has 0 radical (unpaired) electrons. The summed E-state index contributed by atoms with van der Waals surface area (Å²) in [5.41, 5.74) is 3.17. The van der Waals surface area contributed by atoms with E-state index in [4.69, 9.17) is 0 Å². The van der Waals surface area contributed by atoms with Gasteiger partial charge in [-0.15, -0.1) is 0 Å². The van der Waals surface area contributed by atoms with Crippen molar-refractivity contribution in [1.29, 1.82) is 0 Å². The lowest BCUT2D eigenvalue weighted by atomic mass is 10.2. The Hall–Kier alpha value is -3.03. The monoisotopic (exact) mass is 273 g/mol. The third-order valence-corrected chi connectivity index (χ3v) is 2.51. The van der Waals surface area contributed by atoms with Gasteiger partial charge < -0.3 is 0 Å². The van der Waals surface area contributed by atoms with Gasteiger partial charge in [-0.2, -0.15) is 10.2 Å². The number of hydrazone groups is 1. The van der Waals surface area contributed by atoms with Gasteiger partial charge in [0.25, 0.3) is 11.6 Å². The number of carbonyl (C=O) groups excluding carboxylic acids is 1. The molecule has 0 fully saturated rings. The number of nitro benzene ring substituents is 1. The van der Waals surface area contributed by atoms with E-state index in [0.29, 0.717) is 11.3 Å². The summed E-state index contributed by atoms with van der Waals surface area (Å²) < 4.78 is 1.41. The molecule has 2 rings (SSSR count). The van der Waals surface area contributed by atoms with Crippen LogP contribution in [-0.2, 0) is 7.05 Å². The Morgan fingerprint density at radius 3 is 2.95 bits per heavy atom. The summed E-state index contributed by atoms with van der Waals surface area (Å²) in [6.07, 6.45) is 2.83. The molecule has 8 nitrogen and oxygen atoms in total. The number of hydrogen-bond donors (Lipinski definition) is 1. The van der Waals surface area contributed by atoms with Gasteiger partial charge in [0, 0.05) is 30.9 Å².